The molecule has 0 fully saturated rings. The van der Waals surface area contributed by atoms with Crippen molar-refractivity contribution in [1.82, 2.24) is 9.80 Å². The average Bonchev–Trinajstić information content (AvgIpc) is 3.23. The summed E-state index contributed by atoms with van der Waals surface area (Å²) in [6.45, 7) is 11.1. The van der Waals surface area contributed by atoms with Crippen LogP contribution in [0.5, 0.6) is 0 Å². The predicted molar refractivity (Wildman–Crippen MR) is 250 cm³/mol. The zero-order valence-corrected chi connectivity index (χ0v) is 40.2. The van der Waals surface area contributed by atoms with E-state index in [1.165, 1.54) is 103 Å². The standard InChI is InChI=1S/C51H100N2O6/c1-7-11-15-19-21-27-36-46(35-25-17-13-9-3)50(56)53(6)45-49(55)58-43-33-23-29-39-48(52(5)41-31-32-42-54)40-30-24-34-44-59-51(57)47(37-26-18-14-10-4)38-28-22-20-16-12-8-2/h46-48,54H,7-45H2,1-6H3. The number of carbonyl (C=O) groups is 3. The summed E-state index contributed by atoms with van der Waals surface area (Å²) in [4.78, 5) is 43.3. The Morgan fingerprint density at radius 2 is 0.847 bits per heavy atom. The lowest BCUT2D eigenvalue weighted by Crippen LogP contribution is -2.37. The van der Waals surface area contributed by atoms with E-state index in [1.807, 2.05) is 0 Å². The fraction of sp³-hybridized carbons (Fsp3) is 0.941. The summed E-state index contributed by atoms with van der Waals surface area (Å²) in [5.74, 6) is -0.111. The van der Waals surface area contributed by atoms with Crippen LogP contribution in [0.25, 0.3) is 0 Å². The molecule has 3 unspecified atom stereocenters. The first-order valence-electron chi connectivity index (χ1n) is 25.6. The van der Waals surface area contributed by atoms with Crippen molar-refractivity contribution >= 4 is 17.8 Å². The topological polar surface area (TPSA) is 96.4 Å². The van der Waals surface area contributed by atoms with Crippen LogP contribution >= 0.6 is 0 Å². The van der Waals surface area contributed by atoms with Gasteiger partial charge in [0, 0.05) is 25.6 Å². The second-order valence-corrected chi connectivity index (χ2v) is 18.1. The Morgan fingerprint density at radius 3 is 1.32 bits per heavy atom. The van der Waals surface area contributed by atoms with E-state index in [2.05, 4.69) is 39.6 Å². The summed E-state index contributed by atoms with van der Waals surface area (Å²) < 4.78 is 11.5. The second kappa shape index (κ2) is 43.0. The third-order valence-electron chi connectivity index (χ3n) is 12.5. The Balaban J connectivity index is 4.69. The van der Waals surface area contributed by atoms with Crippen LogP contribution in [0.3, 0.4) is 0 Å². The number of aliphatic hydroxyl groups is 1. The normalized spacial score (nSPS) is 13.1. The molecule has 0 rings (SSSR count). The molecule has 0 radical (unpaired) electrons. The maximum Gasteiger partial charge on any atom is 0.325 e. The van der Waals surface area contributed by atoms with E-state index < -0.39 is 0 Å². The average molecular weight is 837 g/mol. The molecule has 3 atom stereocenters. The lowest BCUT2D eigenvalue weighted by Gasteiger charge is -2.28. The molecule has 0 aromatic heterocycles. The summed E-state index contributed by atoms with van der Waals surface area (Å²) in [5, 5.41) is 9.32. The van der Waals surface area contributed by atoms with Gasteiger partial charge >= 0.3 is 11.9 Å². The van der Waals surface area contributed by atoms with Crippen LogP contribution < -0.4 is 0 Å². The number of nitrogens with zero attached hydrogens (tertiary/aromatic N) is 2. The summed E-state index contributed by atoms with van der Waals surface area (Å²) in [7, 11) is 3.97. The molecule has 1 amide bonds. The number of amides is 1. The molecule has 8 heteroatoms. The fourth-order valence-corrected chi connectivity index (χ4v) is 8.41. The van der Waals surface area contributed by atoms with Crippen LogP contribution in [-0.2, 0) is 23.9 Å². The number of hydrogen-bond donors (Lipinski definition) is 1. The summed E-state index contributed by atoms with van der Waals surface area (Å²) >= 11 is 0. The highest BCUT2D eigenvalue weighted by atomic mass is 16.5. The molecule has 0 aliphatic carbocycles. The maximum absolute atomic E-state index is 13.4. The van der Waals surface area contributed by atoms with Crippen molar-refractivity contribution < 1.29 is 29.0 Å². The molecule has 0 aromatic rings. The van der Waals surface area contributed by atoms with Crippen molar-refractivity contribution in [3.63, 3.8) is 0 Å². The van der Waals surface area contributed by atoms with Crippen LogP contribution in [0.4, 0.5) is 0 Å². The van der Waals surface area contributed by atoms with Crippen LogP contribution in [-0.4, -0.2) is 85.8 Å². The van der Waals surface area contributed by atoms with Crippen LogP contribution in [0.15, 0.2) is 0 Å². The van der Waals surface area contributed by atoms with Gasteiger partial charge in [-0.3, -0.25) is 14.4 Å². The van der Waals surface area contributed by atoms with Gasteiger partial charge in [0.1, 0.15) is 6.54 Å². The third-order valence-corrected chi connectivity index (χ3v) is 12.5. The molecule has 0 saturated carbocycles. The molecule has 8 nitrogen and oxygen atoms in total. The molecule has 0 spiro atoms. The first kappa shape index (κ1) is 57.3. The first-order valence-corrected chi connectivity index (χ1v) is 25.6. The monoisotopic (exact) mass is 837 g/mol. The molecular weight excluding hydrogens is 737 g/mol. The van der Waals surface area contributed by atoms with Crippen molar-refractivity contribution in [3.05, 3.63) is 0 Å². The van der Waals surface area contributed by atoms with E-state index in [0.717, 1.165) is 122 Å². The molecule has 1 N–H and O–H groups in total. The van der Waals surface area contributed by atoms with Crippen molar-refractivity contribution in [3.8, 4) is 0 Å². The minimum atomic E-state index is -0.308. The van der Waals surface area contributed by atoms with E-state index in [9.17, 15) is 19.5 Å². The van der Waals surface area contributed by atoms with Gasteiger partial charge in [-0.25, -0.2) is 0 Å². The lowest BCUT2D eigenvalue weighted by atomic mass is 9.93. The fourth-order valence-electron chi connectivity index (χ4n) is 8.41. The van der Waals surface area contributed by atoms with Gasteiger partial charge in [-0.05, 0) is 77.8 Å². The number of likely N-dealkylation sites (N-methyl/N-ethyl adjacent to an activating group) is 1. The third kappa shape index (κ3) is 34.6. The number of carbonyl (C=O) groups excluding carboxylic acids is 3. The molecule has 0 aliphatic rings. The zero-order chi connectivity index (χ0) is 43.6. The molecule has 0 aliphatic heterocycles. The smallest absolute Gasteiger partial charge is 0.325 e. The highest BCUT2D eigenvalue weighted by Gasteiger charge is 2.24. The van der Waals surface area contributed by atoms with E-state index in [4.69, 9.17) is 9.47 Å². The molecule has 0 bridgehead atoms. The number of unbranched alkanes of at least 4 members (excludes halogenated alkanes) is 21. The van der Waals surface area contributed by atoms with E-state index in [0.29, 0.717) is 19.3 Å². The molecule has 0 heterocycles. The number of hydrogen-bond acceptors (Lipinski definition) is 7. The van der Waals surface area contributed by atoms with Gasteiger partial charge in [0.05, 0.1) is 19.1 Å². The second-order valence-electron chi connectivity index (χ2n) is 18.1. The lowest BCUT2D eigenvalue weighted by molar-refractivity contribution is -0.150. The number of esters is 2. The summed E-state index contributed by atoms with van der Waals surface area (Å²) in [6.07, 6.45) is 38.0. The first-order chi connectivity index (χ1) is 28.7. The molecule has 0 aromatic carbocycles. The van der Waals surface area contributed by atoms with E-state index in [1.54, 1.807) is 11.9 Å². The molecule has 59 heavy (non-hydrogen) atoms. The highest BCUT2D eigenvalue weighted by molar-refractivity contribution is 5.83. The van der Waals surface area contributed by atoms with Crippen molar-refractivity contribution in [2.75, 3.05) is 47.0 Å². The van der Waals surface area contributed by atoms with Crippen molar-refractivity contribution in [1.29, 1.82) is 0 Å². The van der Waals surface area contributed by atoms with Gasteiger partial charge < -0.3 is 24.4 Å². The Kier molecular flexibility index (Phi) is 41.8. The Bertz CT molecular complexity index is 947. The number of rotatable bonds is 45. The van der Waals surface area contributed by atoms with E-state index >= 15 is 0 Å². The predicted octanol–water partition coefficient (Wildman–Crippen LogP) is 13.4. The largest absolute Gasteiger partial charge is 0.465 e. The van der Waals surface area contributed by atoms with Crippen LogP contribution in [0.1, 0.15) is 246 Å². The van der Waals surface area contributed by atoms with Gasteiger partial charge in [-0.15, -0.1) is 0 Å². The van der Waals surface area contributed by atoms with Gasteiger partial charge in [0.25, 0.3) is 0 Å². The van der Waals surface area contributed by atoms with Crippen LogP contribution in [0.2, 0.25) is 0 Å². The van der Waals surface area contributed by atoms with Crippen LogP contribution in [0, 0.1) is 11.8 Å². The number of ether oxygens (including phenoxy) is 2. The Hall–Kier alpha value is -1.67. The molecule has 0 saturated heterocycles. The van der Waals surface area contributed by atoms with Gasteiger partial charge in [-0.2, -0.15) is 0 Å². The van der Waals surface area contributed by atoms with Gasteiger partial charge in [0.2, 0.25) is 5.91 Å². The Labute approximate surface area is 366 Å². The summed E-state index contributed by atoms with van der Waals surface area (Å²) in [6, 6.07) is 0.467. The van der Waals surface area contributed by atoms with Crippen molar-refractivity contribution in [2.45, 2.75) is 252 Å². The van der Waals surface area contributed by atoms with Crippen molar-refractivity contribution in [2.24, 2.45) is 11.8 Å². The molecule has 350 valence electrons. The molecular formula is C51H100N2O6. The quantitative estimate of drug-likeness (QED) is 0.0482. The zero-order valence-electron chi connectivity index (χ0n) is 40.2. The highest BCUT2D eigenvalue weighted by Crippen LogP contribution is 2.23. The SMILES string of the molecule is CCCCCCCCC(CCCCCC)C(=O)OCCCCCC(CCCCCOC(=O)CN(C)C(=O)C(CCCCCC)CCCCCCCC)N(C)CCCCO. The Morgan fingerprint density at radius 1 is 0.458 bits per heavy atom. The van der Waals surface area contributed by atoms with Gasteiger partial charge in [0.15, 0.2) is 0 Å². The van der Waals surface area contributed by atoms with E-state index in [-0.39, 0.29) is 42.8 Å². The summed E-state index contributed by atoms with van der Waals surface area (Å²) in [5.41, 5.74) is 0. The maximum atomic E-state index is 13.4. The number of aliphatic hydroxyl groups excluding tert-OH is 1. The minimum Gasteiger partial charge on any atom is -0.465 e. The minimum absolute atomic E-state index is 0.00489. The van der Waals surface area contributed by atoms with Gasteiger partial charge in [-0.1, -0.05) is 182 Å².